The zero-order valence-corrected chi connectivity index (χ0v) is 6.18. The Morgan fingerprint density at radius 2 is 1.89 bits per heavy atom. The van der Waals surface area contributed by atoms with Crippen LogP contribution in [0.2, 0.25) is 0 Å². The molecule has 1 N–H and O–H groups in total. The van der Waals surface area contributed by atoms with Crippen LogP contribution in [0, 0.1) is 0 Å². The minimum absolute atomic E-state index is 0.516. The average Bonchev–Trinajstić information content (AvgIpc) is 1.91. The van der Waals surface area contributed by atoms with E-state index in [1.54, 1.807) is 0 Å². The summed E-state index contributed by atoms with van der Waals surface area (Å²) in [6.07, 6.45) is 0. The molecule has 0 aromatic rings. The Morgan fingerprint density at radius 3 is 2.22 bits per heavy atom. The highest BCUT2D eigenvalue weighted by molar-refractivity contribution is 4.48. The lowest BCUT2D eigenvalue weighted by Gasteiger charge is -2.15. The molecular weight excluding hydrogens is 116 g/mol. The molecule has 1 radical (unpaired) electrons. The fourth-order valence-corrected chi connectivity index (χ4v) is 0.715. The molecule has 0 aliphatic carbocycles. The molecule has 0 bridgehead atoms. The van der Waals surface area contributed by atoms with Gasteiger partial charge in [-0.1, -0.05) is 13.8 Å². The first-order valence-electron chi connectivity index (χ1n) is 3.36. The smallest absolute Gasteiger partial charge is 0.0826 e. The monoisotopic (exact) mass is 131 g/mol. The molecule has 3 nitrogen and oxygen atoms in total. The van der Waals surface area contributed by atoms with E-state index in [-0.39, 0.29) is 0 Å². The van der Waals surface area contributed by atoms with Gasteiger partial charge in [0.15, 0.2) is 0 Å². The summed E-state index contributed by atoms with van der Waals surface area (Å²) in [7, 11) is 0. The van der Waals surface area contributed by atoms with Crippen molar-refractivity contribution in [1.82, 2.24) is 10.8 Å². The Bertz CT molecular complexity index is 55.0. The van der Waals surface area contributed by atoms with Gasteiger partial charge >= 0.3 is 0 Å². The summed E-state index contributed by atoms with van der Waals surface area (Å²) in [6.45, 7) is 7.68. The Kier molecular flexibility index (Phi) is 5.93. The van der Waals surface area contributed by atoms with Gasteiger partial charge in [0.25, 0.3) is 0 Å². The molecule has 0 atom stereocenters. The second kappa shape index (κ2) is 6.01. The third-order valence-corrected chi connectivity index (χ3v) is 1.40. The van der Waals surface area contributed by atoms with Gasteiger partial charge in [-0.3, -0.25) is 4.84 Å². The molecule has 0 aliphatic heterocycles. The molecule has 0 saturated carbocycles. The Balaban J connectivity index is 3.09. The lowest BCUT2D eigenvalue weighted by atomic mass is 10.5. The molecule has 3 heteroatoms. The Labute approximate surface area is 56.7 Å². The maximum absolute atomic E-state index is 6.42. The maximum Gasteiger partial charge on any atom is 0.0826 e. The van der Waals surface area contributed by atoms with E-state index < -0.39 is 0 Å². The van der Waals surface area contributed by atoms with Crippen LogP contribution in [-0.4, -0.2) is 31.1 Å². The van der Waals surface area contributed by atoms with Crippen molar-refractivity contribution in [2.24, 2.45) is 0 Å². The summed E-state index contributed by atoms with van der Waals surface area (Å²) in [5, 5.41) is 0. The standard InChI is InChI=1S/C6H15N2O/c1-3-8(4-2)5-6-9-7/h7H,3-6H2,1-2H3. The Morgan fingerprint density at radius 1 is 1.33 bits per heavy atom. The van der Waals surface area contributed by atoms with E-state index in [1.807, 2.05) is 0 Å². The van der Waals surface area contributed by atoms with Gasteiger partial charge in [0.2, 0.25) is 0 Å². The van der Waals surface area contributed by atoms with Crippen molar-refractivity contribution in [3.05, 3.63) is 0 Å². The number of rotatable bonds is 5. The van der Waals surface area contributed by atoms with Crippen LogP contribution in [0.4, 0.5) is 0 Å². The molecule has 0 amide bonds. The SMILES string of the molecule is CCN(CC)CCO[NH]. The third-order valence-electron chi connectivity index (χ3n) is 1.40. The zero-order chi connectivity index (χ0) is 7.11. The quantitative estimate of drug-likeness (QED) is 0.511. The van der Waals surface area contributed by atoms with Crippen LogP contribution in [0.3, 0.4) is 0 Å². The van der Waals surface area contributed by atoms with Gasteiger partial charge in [0.1, 0.15) is 0 Å². The molecule has 55 valence electrons. The number of likely N-dealkylation sites (N-methyl/N-ethyl adjacent to an activating group) is 1. The number of nitrogens with zero attached hydrogens (tertiary/aromatic N) is 1. The molecule has 0 aliphatic rings. The van der Waals surface area contributed by atoms with Crippen LogP contribution >= 0.6 is 0 Å². The highest BCUT2D eigenvalue weighted by Gasteiger charge is 1.95. The van der Waals surface area contributed by atoms with E-state index in [9.17, 15) is 0 Å². The van der Waals surface area contributed by atoms with Gasteiger partial charge in [0.05, 0.1) is 6.61 Å². The van der Waals surface area contributed by atoms with Crippen molar-refractivity contribution in [3.63, 3.8) is 0 Å². The zero-order valence-electron chi connectivity index (χ0n) is 6.18. The highest BCUT2D eigenvalue weighted by atomic mass is 16.6. The van der Waals surface area contributed by atoms with Crippen LogP contribution in [0.25, 0.3) is 0 Å². The summed E-state index contributed by atoms with van der Waals surface area (Å²) in [4.78, 5) is 6.40. The van der Waals surface area contributed by atoms with E-state index >= 15 is 0 Å². The normalized spacial score (nSPS) is 10.7. The van der Waals surface area contributed by atoms with E-state index in [2.05, 4.69) is 23.6 Å². The molecule has 0 heterocycles. The van der Waals surface area contributed by atoms with Crippen LogP contribution in [-0.2, 0) is 4.84 Å². The van der Waals surface area contributed by atoms with Crippen molar-refractivity contribution in [1.29, 1.82) is 0 Å². The topological polar surface area (TPSA) is 36.3 Å². The van der Waals surface area contributed by atoms with Crippen molar-refractivity contribution >= 4 is 0 Å². The van der Waals surface area contributed by atoms with Crippen LogP contribution < -0.4 is 5.90 Å². The molecule has 0 rings (SSSR count). The molecule has 0 unspecified atom stereocenters. The predicted octanol–water partition coefficient (Wildman–Crippen LogP) is 0.543. The van der Waals surface area contributed by atoms with Crippen molar-refractivity contribution in [2.75, 3.05) is 26.2 Å². The predicted molar refractivity (Wildman–Crippen MR) is 36.8 cm³/mol. The fraction of sp³-hybridized carbons (Fsp3) is 1.00. The van der Waals surface area contributed by atoms with E-state index in [0.717, 1.165) is 19.6 Å². The molecule has 0 fully saturated rings. The van der Waals surface area contributed by atoms with E-state index in [0.29, 0.717) is 6.61 Å². The first-order chi connectivity index (χ1) is 4.35. The van der Waals surface area contributed by atoms with E-state index in [1.165, 1.54) is 0 Å². The van der Waals surface area contributed by atoms with Crippen molar-refractivity contribution in [3.8, 4) is 0 Å². The summed E-state index contributed by atoms with van der Waals surface area (Å²) in [5.41, 5.74) is 0. The largest absolute Gasteiger partial charge is 0.302 e. The molecule has 0 aromatic carbocycles. The van der Waals surface area contributed by atoms with Crippen LogP contribution in [0.5, 0.6) is 0 Å². The minimum Gasteiger partial charge on any atom is -0.302 e. The molecule has 0 spiro atoms. The minimum atomic E-state index is 0.516. The summed E-state index contributed by atoms with van der Waals surface area (Å²) < 4.78 is 0. The number of hydrogen-bond donors (Lipinski definition) is 0. The molecule has 0 aromatic heterocycles. The second-order valence-corrected chi connectivity index (χ2v) is 1.88. The lowest BCUT2D eigenvalue weighted by Crippen LogP contribution is -2.26. The fourth-order valence-electron chi connectivity index (χ4n) is 0.715. The third kappa shape index (κ3) is 4.39. The molecule has 9 heavy (non-hydrogen) atoms. The van der Waals surface area contributed by atoms with Crippen molar-refractivity contribution in [2.45, 2.75) is 13.8 Å². The average molecular weight is 131 g/mol. The Hall–Kier alpha value is -0.120. The highest BCUT2D eigenvalue weighted by Crippen LogP contribution is 1.84. The van der Waals surface area contributed by atoms with Gasteiger partial charge in [0, 0.05) is 6.54 Å². The number of nitrogens with one attached hydrogen (secondary N) is 1. The van der Waals surface area contributed by atoms with Crippen LogP contribution in [0.1, 0.15) is 13.8 Å². The summed E-state index contributed by atoms with van der Waals surface area (Å²) in [6, 6.07) is 0. The first kappa shape index (κ1) is 8.88. The van der Waals surface area contributed by atoms with Gasteiger partial charge in [-0.25, -0.2) is 0 Å². The van der Waals surface area contributed by atoms with Crippen LogP contribution in [0.15, 0.2) is 0 Å². The van der Waals surface area contributed by atoms with Gasteiger partial charge in [-0.05, 0) is 13.1 Å². The van der Waals surface area contributed by atoms with Crippen molar-refractivity contribution < 1.29 is 4.84 Å². The first-order valence-corrected chi connectivity index (χ1v) is 3.36. The lowest BCUT2D eigenvalue weighted by molar-refractivity contribution is 0.0932. The number of hydrogen-bond acceptors (Lipinski definition) is 2. The maximum atomic E-state index is 6.42. The van der Waals surface area contributed by atoms with Gasteiger partial charge < -0.3 is 4.90 Å². The van der Waals surface area contributed by atoms with E-state index in [4.69, 9.17) is 5.90 Å². The molecular formula is C6H15N2O. The summed E-state index contributed by atoms with van der Waals surface area (Å²) in [5.74, 6) is 6.42. The van der Waals surface area contributed by atoms with Gasteiger partial charge in [-0.2, -0.15) is 0 Å². The molecule has 0 saturated heterocycles. The summed E-state index contributed by atoms with van der Waals surface area (Å²) >= 11 is 0. The second-order valence-electron chi connectivity index (χ2n) is 1.88. The van der Waals surface area contributed by atoms with Gasteiger partial charge in [-0.15, -0.1) is 5.90 Å².